The summed E-state index contributed by atoms with van der Waals surface area (Å²) in [4.78, 5) is 52.2. The van der Waals surface area contributed by atoms with Crippen molar-refractivity contribution < 1.29 is 29.2 Å². The number of nitrogens with one attached hydrogen (secondary N) is 1. The number of nitro groups is 1. The van der Waals surface area contributed by atoms with E-state index >= 15 is 0 Å². The summed E-state index contributed by atoms with van der Waals surface area (Å²) in [6, 6.07) is 11.7. The summed E-state index contributed by atoms with van der Waals surface area (Å²) in [6.07, 6.45) is 1.39. The van der Waals surface area contributed by atoms with Crippen molar-refractivity contribution in [2.45, 2.75) is 4.90 Å². The second-order valence-corrected chi connectivity index (χ2v) is 10.1. The van der Waals surface area contributed by atoms with Crippen molar-refractivity contribution in [2.24, 2.45) is 0 Å². The Labute approximate surface area is 221 Å². The van der Waals surface area contributed by atoms with Gasteiger partial charge in [0.05, 0.1) is 34.5 Å². The van der Waals surface area contributed by atoms with Crippen LogP contribution in [0, 0.1) is 10.1 Å². The van der Waals surface area contributed by atoms with Crippen molar-refractivity contribution in [3.8, 4) is 0 Å². The first-order valence-corrected chi connectivity index (χ1v) is 13.2. The van der Waals surface area contributed by atoms with Gasteiger partial charge in [-0.25, -0.2) is 0 Å². The van der Waals surface area contributed by atoms with Crippen LogP contribution in [-0.2, 0) is 14.3 Å². The molecule has 4 rings (SSSR count). The van der Waals surface area contributed by atoms with Gasteiger partial charge < -0.3 is 20.1 Å². The third-order valence-electron chi connectivity index (χ3n) is 5.53. The van der Waals surface area contributed by atoms with Crippen LogP contribution < -0.4 is 10.2 Å². The topological polar surface area (TPSA) is 142 Å². The number of aliphatic hydroxyl groups is 1. The molecule has 2 N–H and O–H groups in total. The average molecular weight is 545 g/mol. The highest BCUT2D eigenvalue weighted by Gasteiger charge is 2.36. The number of anilines is 2. The van der Waals surface area contributed by atoms with Gasteiger partial charge in [0, 0.05) is 36.3 Å². The molecular formula is C24H24N4O7S2. The van der Waals surface area contributed by atoms with Crippen LogP contribution in [0.15, 0.2) is 52.3 Å². The van der Waals surface area contributed by atoms with Crippen molar-refractivity contribution in [3.05, 3.63) is 63.0 Å². The zero-order valence-electron chi connectivity index (χ0n) is 19.6. The molecule has 0 radical (unpaired) electrons. The highest BCUT2D eigenvalue weighted by Crippen LogP contribution is 2.35. The van der Waals surface area contributed by atoms with Crippen LogP contribution >= 0.6 is 23.5 Å². The van der Waals surface area contributed by atoms with Gasteiger partial charge in [-0.3, -0.25) is 29.4 Å². The first-order valence-electron chi connectivity index (χ1n) is 11.4. The van der Waals surface area contributed by atoms with Gasteiger partial charge in [0.2, 0.25) is 5.91 Å². The molecule has 2 aromatic rings. The van der Waals surface area contributed by atoms with Crippen LogP contribution in [0.1, 0.15) is 5.56 Å². The van der Waals surface area contributed by atoms with Gasteiger partial charge in [-0.2, -0.15) is 0 Å². The Morgan fingerprint density at radius 2 is 1.92 bits per heavy atom. The Kier molecular flexibility index (Phi) is 8.82. The van der Waals surface area contributed by atoms with Gasteiger partial charge in [0.15, 0.2) is 0 Å². The molecule has 0 bridgehead atoms. The van der Waals surface area contributed by atoms with Gasteiger partial charge >= 0.3 is 0 Å². The Balaban J connectivity index is 1.39. The fraction of sp³-hybridized carbons (Fsp3) is 0.292. The summed E-state index contributed by atoms with van der Waals surface area (Å²) in [5.41, 5.74) is 1.76. The molecule has 0 aliphatic carbocycles. The number of ether oxygens (including phenoxy) is 1. The smallest absolute Gasteiger partial charge is 0.294 e. The quantitative estimate of drug-likeness (QED) is 0.209. The van der Waals surface area contributed by atoms with Crippen LogP contribution in [0.3, 0.4) is 0 Å². The minimum Gasteiger partial charge on any atom is -0.396 e. The molecule has 11 nitrogen and oxygen atoms in total. The lowest BCUT2D eigenvalue weighted by Crippen LogP contribution is -2.36. The number of amides is 3. The molecule has 0 aromatic heterocycles. The number of morpholine rings is 1. The van der Waals surface area contributed by atoms with E-state index in [9.17, 15) is 24.5 Å². The highest BCUT2D eigenvalue weighted by atomic mass is 32.2. The lowest BCUT2D eigenvalue weighted by molar-refractivity contribution is -0.387. The molecule has 194 valence electrons. The van der Waals surface area contributed by atoms with E-state index in [1.165, 1.54) is 18.2 Å². The standard InChI is InChI=1S/C24H24N4O7S2/c29-9-12-36-20-6-1-16(13-19(20)28(33)34)14-21-23(31)27(24(32)37-21)15-22(30)25-17-2-4-18(5-3-17)26-7-10-35-11-8-26/h1-6,13-14,29H,7-12,15H2,(H,25,30)/b21-14-. The molecule has 2 saturated heterocycles. The molecule has 2 heterocycles. The molecule has 2 aromatic carbocycles. The molecule has 2 fully saturated rings. The number of rotatable bonds is 9. The zero-order chi connectivity index (χ0) is 26.4. The van der Waals surface area contributed by atoms with E-state index in [2.05, 4.69) is 10.2 Å². The summed E-state index contributed by atoms with van der Waals surface area (Å²) < 4.78 is 5.35. The third-order valence-corrected chi connectivity index (χ3v) is 7.48. The normalized spacial score (nSPS) is 16.9. The number of benzene rings is 2. The fourth-order valence-electron chi connectivity index (χ4n) is 3.75. The van der Waals surface area contributed by atoms with Crippen LogP contribution in [0.5, 0.6) is 0 Å². The molecule has 13 heteroatoms. The lowest BCUT2D eigenvalue weighted by atomic mass is 10.2. The van der Waals surface area contributed by atoms with Crippen LogP contribution in [0.25, 0.3) is 6.08 Å². The van der Waals surface area contributed by atoms with Gasteiger partial charge in [0.25, 0.3) is 16.8 Å². The van der Waals surface area contributed by atoms with Gasteiger partial charge in [-0.15, -0.1) is 11.8 Å². The van der Waals surface area contributed by atoms with E-state index in [0.29, 0.717) is 46.9 Å². The van der Waals surface area contributed by atoms with Crippen LogP contribution in [0.2, 0.25) is 0 Å². The number of carbonyl (C=O) groups excluding carboxylic acids is 3. The minimum atomic E-state index is -0.644. The van der Waals surface area contributed by atoms with Gasteiger partial charge in [-0.1, -0.05) is 6.07 Å². The minimum absolute atomic E-state index is 0.0673. The van der Waals surface area contributed by atoms with Crippen molar-refractivity contribution in [1.29, 1.82) is 0 Å². The largest absolute Gasteiger partial charge is 0.396 e. The van der Waals surface area contributed by atoms with Gasteiger partial charge in [-0.05, 0) is 53.7 Å². The molecule has 37 heavy (non-hydrogen) atoms. The summed E-state index contributed by atoms with van der Waals surface area (Å²) in [7, 11) is 0. The van der Waals surface area contributed by atoms with Crippen molar-refractivity contribution in [1.82, 2.24) is 4.90 Å². The predicted octanol–water partition coefficient (Wildman–Crippen LogP) is 3.19. The van der Waals surface area contributed by atoms with Crippen molar-refractivity contribution >= 4 is 63.7 Å². The first kappa shape index (κ1) is 26.7. The first-order chi connectivity index (χ1) is 17.9. The Hall–Kier alpha value is -3.39. The summed E-state index contributed by atoms with van der Waals surface area (Å²) >= 11 is 1.81. The molecule has 2 aliphatic rings. The zero-order valence-corrected chi connectivity index (χ0v) is 21.3. The maximum atomic E-state index is 12.8. The van der Waals surface area contributed by atoms with E-state index in [0.717, 1.165) is 35.4 Å². The molecule has 3 amide bonds. The van der Waals surface area contributed by atoms with Gasteiger partial charge in [0.1, 0.15) is 6.54 Å². The van der Waals surface area contributed by atoms with Crippen LogP contribution in [0.4, 0.5) is 21.9 Å². The third kappa shape index (κ3) is 6.68. The van der Waals surface area contributed by atoms with E-state index in [1.54, 1.807) is 18.2 Å². The molecule has 2 aliphatic heterocycles. The molecule has 0 unspecified atom stereocenters. The number of nitro benzene ring substituents is 1. The van der Waals surface area contributed by atoms with Crippen molar-refractivity contribution in [2.75, 3.05) is 55.4 Å². The highest BCUT2D eigenvalue weighted by molar-refractivity contribution is 8.18. The lowest BCUT2D eigenvalue weighted by Gasteiger charge is -2.28. The number of hydrogen-bond acceptors (Lipinski definition) is 10. The Morgan fingerprint density at radius 1 is 1.19 bits per heavy atom. The molecular weight excluding hydrogens is 520 g/mol. The second-order valence-electron chi connectivity index (χ2n) is 8.02. The number of aliphatic hydroxyl groups excluding tert-OH is 1. The monoisotopic (exact) mass is 544 g/mol. The SMILES string of the molecule is O=C(CN1C(=O)S/C(=C\c2ccc(SCCO)c([N+](=O)[O-])c2)C1=O)Nc1ccc(N2CCOCC2)cc1. The fourth-order valence-corrected chi connectivity index (χ4v) is 5.35. The van der Waals surface area contributed by atoms with E-state index in [-0.39, 0.29) is 17.2 Å². The number of thioether (sulfide) groups is 2. The van der Waals surface area contributed by atoms with Crippen molar-refractivity contribution in [3.63, 3.8) is 0 Å². The van der Waals surface area contributed by atoms with Crippen LogP contribution in [-0.4, -0.2) is 77.2 Å². The number of nitrogens with zero attached hydrogens (tertiary/aromatic N) is 3. The number of carbonyl (C=O) groups is 3. The van der Waals surface area contributed by atoms with E-state index in [1.807, 2.05) is 12.1 Å². The maximum absolute atomic E-state index is 12.8. The van der Waals surface area contributed by atoms with E-state index in [4.69, 9.17) is 9.84 Å². The molecule has 0 saturated carbocycles. The second kappa shape index (κ2) is 12.2. The average Bonchev–Trinajstić information content (AvgIpc) is 3.15. The maximum Gasteiger partial charge on any atom is 0.294 e. The van der Waals surface area contributed by atoms with E-state index < -0.39 is 28.5 Å². The molecule has 0 spiro atoms. The summed E-state index contributed by atoms with van der Waals surface area (Å²) in [5, 5.41) is 22.5. The Morgan fingerprint density at radius 3 is 2.59 bits per heavy atom. The number of hydrogen-bond donors (Lipinski definition) is 2. The predicted molar refractivity (Wildman–Crippen MR) is 142 cm³/mol. The summed E-state index contributed by atoms with van der Waals surface area (Å²) in [5.74, 6) is -0.864. The summed E-state index contributed by atoms with van der Waals surface area (Å²) in [6.45, 7) is 2.33. The Bertz CT molecular complexity index is 1230. The number of imide groups is 1. The molecule has 0 atom stereocenters.